The predicted octanol–water partition coefficient (Wildman–Crippen LogP) is 8.29. The third-order valence-corrected chi connectivity index (χ3v) is 5.78. The average molecular weight is 495 g/mol. The monoisotopic (exact) mass is 494 g/mol. The Morgan fingerprint density at radius 3 is 2.00 bits per heavy atom. The van der Waals surface area contributed by atoms with E-state index < -0.39 is 59.3 Å². The van der Waals surface area contributed by atoms with E-state index in [1.807, 2.05) is 13.8 Å². The first-order chi connectivity index (χ1) is 20.8. The van der Waals surface area contributed by atoms with Gasteiger partial charge >= 0.3 is 11.9 Å². The van der Waals surface area contributed by atoms with E-state index in [1.165, 1.54) is 24.3 Å². The van der Waals surface area contributed by atoms with E-state index in [1.54, 1.807) is 0 Å². The van der Waals surface area contributed by atoms with Crippen LogP contribution >= 0.6 is 0 Å². The summed E-state index contributed by atoms with van der Waals surface area (Å²) in [7, 11) is 0. The molecule has 0 aromatic heterocycles. The molecule has 3 aromatic carbocycles. The van der Waals surface area contributed by atoms with E-state index in [2.05, 4.69) is 6.92 Å². The maximum absolute atomic E-state index is 13.0. The molecule has 1 unspecified atom stereocenters. The van der Waals surface area contributed by atoms with Gasteiger partial charge in [0.25, 0.3) is 0 Å². The molecular formula is C32H38O4. The van der Waals surface area contributed by atoms with Gasteiger partial charge in [0.2, 0.25) is 0 Å². The highest BCUT2D eigenvalue weighted by atomic mass is 16.5. The second kappa shape index (κ2) is 14.2. The summed E-state index contributed by atoms with van der Waals surface area (Å²) in [6.45, 7) is 6.31. The van der Waals surface area contributed by atoms with Gasteiger partial charge in [-0.3, -0.25) is 0 Å². The first kappa shape index (κ1) is 17.9. The molecule has 190 valence electrons. The van der Waals surface area contributed by atoms with Crippen LogP contribution in [0, 0.1) is 5.92 Å². The number of rotatable bonds is 13. The molecule has 0 radical (unpaired) electrons. The maximum atomic E-state index is 13.0. The second-order valence-corrected chi connectivity index (χ2v) is 8.79. The Kier molecular flexibility index (Phi) is 7.09. The van der Waals surface area contributed by atoms with Crippen LogP contribution in [0.15, 0.2) is 72.6 Å². The van der Waals surface area contributed by atoms with Crippen molar-refractivity contribution in [2.24, 2.45) is 5.92 Å². The van der Waals surface area contributed by atoms with Crippen LogP contribution < -0.4 is 4.74 Å². The molecule has 0 saturated carbocycles. The van der Waals surface area contributed by atoms with Crippen molar-refractivity contribution in [2.45, 2.75) is 65.7 Å². The van der Waals surface area contributed by atoms with Gasteiger partial charge in [0.1, 0.15) is 5.75 Å². The highest BCUT2D eigenvalue weighted by molar-refractivity contribution is 5.92. The summed E-state index contributed by atoms with van der Waals surface area (Å²) in [4.78, 5) is 25.3. The fourth-order valence-electron chi connectivity index (χ4n) is 3.27. The average Bonchev–Trinajstić information content (AvgIpc) is 3.01. The van der Waals surface area contributed by atoms with Crippen molar-refractivity contribution in [1.29, 1.82) is 0 Å². The van der Waals surface area contributed by atoms with E-state index in [0.29, 0.717) is 12.8 Å². The van der Waals surface area contributed by atoms with Crippen LogP contribution in [0.5, 0.6) is 5.75 Å². The summed E-state index contributed by atoms with van der Waals surface area (Å²) in [5, 5.41) is 0. The van der Waals surface area contributed by atoms with Gasteiger partial charge in [-0.15, -0.1) is 0 Å². The van der Waals surface area contributed by atoms with Crippen LogP contribution in [0.2, 0.25) is 0 Å². The van der Waals surface area contributed by atoms with Gasteiger partial charge in [-0.1, -0.05) is 89.1 Å². The summed E-state index contributed by atoms with van der Waals surface area (Å²) in [6.07, 6.45) is 5.93. The van der Waals surface area contributed by atoms with Gasteiger partial charge in [-0.05, 0) is 71.8 Å². The molecule has 0 N–H and O–H groups in total. The van der Waals surface area contributed by atoms with Crippen LogP contribution in [-0.2, 0) is 11.2 Å². The van der Waals surface area contributed by atoms with Crippen molar-refractivity contribution in [1.82, 2.24) is 0 Å². The van der Waals surface area contributed by atoms with E-state index >= 15 is 0 Å². The van der Waals surface area contributed by atoms with Crippen LogP contribution in [0.4, 0.5) is 0 Å². The molecule has 0 heterocycles. The molecule has 0 fully saturated rings. The van der Waals surface area contributed by atoms with Crippen molar-refractivity contribution in [2.75, 3.05) is 6.61 Å². The molecule has 0 saturated heterocycles. The lowest BCUT2D eigenvalue weighted by Crippen LogP contribution is -2.12. The number of esters is 2. The summed E-state index contributed by atoms with van der Waals surface area (Å²) < 4.78 is 78.8. The molecule has 3 aromatic rings. The molecule has 0 spiro atoms. The molecular weight excluding hydrogens is 448 g/mol. The Labute approximate surface area is 226 Å². The first-order valence-electron chi connectivity index (χ1n) is 16.5. The van der Waals surface area contributed by atoms with Crippen LogP contribution in [0.1, 0.15) is 96.5 Å². The number of unbranched alkanes of at least 4 members (excludes halogenated alkanes) is 4. The third-order valence-electron chi connectivity index (χ3n) is 5.78. The Bertz CT molecular complexity index is 1460. The highest BCUT2D eigenvalue weighted by Crippen LogP contribution is 2.22. The largest absolute Gasteiger partial charge is 0.462 e. The summed E-state index contributed by atoms with van der Waals surface area (Å²) in [5.74, 6) is -1.49. The minimum absolute atomic E-state index is 0.000665. The number of hydrogen-bond donors (Lipinski definition) is 0. The van der Waals surface area contributed by atoms with Crippen molar-refractivity contribution in [3.63, 3.8) is 0 Å². The number of carbonyl (C=O) groups is 2. The Hall–Kier alpha value is -3.40. The molecule has 4 nitrogen and oxygen atoms in total. The quantitative estimate of drug-likeness (QED) is 0.136. The van der Waals surface area contributed by atoms with Gasteiger partial charge in [0.15, 0.2) is 0 Å². The topological polar surface area (TPSA) is 52.6 Å². The van der Waals surface area contributed by atoms with Crippen LogP contribution in [-0.4, -0.2) is 18.5 Å². The molecule has 1 atom stereocenters. The fourth-order valence-corrected chi connectivity index (χ4v) is 3.27. The molecule has 0 amide bonds. The van der Waals surface area contributed by atoms with Gasteiger partial charge < -0.3 is 9.47 Å². The second-order valence-electron chi connectivity index (χ2n) is 8.79. The Balaban J connectivity index is 1.91. The molecule has 4 heteroatoms. The smallest absolute Gasteiger partial charge is 0.343 e. The number of carbonyl (C=O) groups excluding carboxylic acids is 2. The number of benzene rings is 3. The van der Waals surface area contributed by atoms with Crippen molar-refractivity contribution in [3.8, 4) is 16.9 Å². The summed E-state index contributed by atoms with van der Waals surface area (Å²) >= 11 is 0. The third kappa shape index (κ3) is 8.37. The van der Waals surface area contributed by atoms with Crippen molar-refractivity contribution >= 4 is 11.9 Å². The molecule has 36 heavy (non-hydrogen) atoms. The maximum Gasteiger partial charge on any atom is 0.343 e. The zero-order valence-corrected chi connectivity index (χ0v) is 21.2. The van der Waals surface area contributed by atoms with Crippen LogP contribution in [0.25, 0.3) is 11.1 Å². The van der Waals surface area contributed by atoms with Gasteiger partial charge in [-0.2, -0.15) is 0 Å². The molecule has 0 aliphatic carbocycles. The zero-order chi connectivity index (χ0) is 32.7. The van der Waals surface area contributed by atoms with Crippen molar-refractivity contribution < 1.29 is 30.0 Å². The minimum Gasteiger partial charge on any atom is -0.462 e. The molecule has 0 bridgehead atoms. The van der Waals surface area contributed by atoms with E-state index in [9.17, 15) is 9.59 Å². The number of hydrogen-bond acceptors (Lipinski definition) is 4. The van der Waals surface area contributed by atoms with Crippen LogP contribution in [0.3, 0.4) is 0 Å². The van der Waals surface area contributed by atoms with E-state index in [0.717, 1.165) is 32.1 Å². The standard InChI is InChI=1S/C32H38O4/c1-4-6-7-8-9-10-25-11-13-26(14-12-25)27-15-17-29(18-16-27)32(34)36-30-21-19-28(20-22-30)31(33)35-23-24(3)5-2/h11-22,24H,4-10,23H2,1-3H3/i11D,12D,13D,14D,15D,16D,17D,18D. The van der Waals surface area contributed by atoms with Crippen molar-refractivity contribution in [3.05, 3.63) is 89.3 Å². The highest BCUT2D eigenvalue weighted by Gasteiger charge is 2.12. The summed E-state index contributed by atoms with van der Waals surface area (Å²) in [6, 6.07) is 1.12. The summed E-state index contributed by atoms with van der Waals surface area (Å²) in [5.41, 5.74) is -0.958. The Morgan fingerprint density at radius 1 is 0.778 bits per heavy atom. The fraction of sp³-hybridized carbons (Fsp3) is 0.375. The predicted molar refractivity (Wildman–Crippen MR) is 145 cm³/mol. The SMILES string of the molecule is [2H]c1c([2H])c(-c2c([2H])c([2H])c(C(=O)Oc3ccc(C(=O)OCC(C)CC)cc3)c([2H])c2[2H])c([2H])c([2H])c1CCCCCCC. The van der Waals surface area contributed by atoms with Gasteiger partial charge in [0.05, 0.1) is 28.7 Å². The lowest BCUT2D eigenvalue weighted by Gasteiger charge is -2.10. The van der Waals surface area contributed by atoms with Gasteiger partial charge in [-0.25, -0.2) is 9.59 Å². The Morgan fingerprint density at radius 2 is 1.39 bits per heavy atom. The lowest BCUT2D eigenvalue weighted by atomic mass is 10.00. The van der Waals surface area contributed by atoms with Gasteiger partial charge in [0, 0.05) is 0 Å². The number of ether oxygens (including phenoxy) is 2. The molecule has 0 aliphatic heterocycles. The van der Waals surface area contributed by atoms with E-state index in [4.69, 9.17) is 20.4 Å². The van der Waals surface area contributed by atoms with E-state index in [-0.39, 0.29) is 47.0 Å². The minimum atomic E-state index is -1.17. The zero-order valence-electron chi connectivity index (χ0n) is 29.2. The normalized spacial score (nSPS) is 14.8. The molecule has 0 aliphatic rings. The molecule has 3 rings (SSSR count). The first-order valence-corrected chi connectivity index (χ1v) is 12.5. The lowest BCUT2D eigenvalue weighted by molar-refractivity contribution is 0.0447.